The zero-order valence-electron chi connectivity index (χ0n) is 31.4. The summed E-state index contributed by atoms with van der Waals surface area (Å²) >= 11 is 0.0492. The molecular weight excluding hydrogens is 631 g/mol. The Hall–Kier alpha value is -5.20. The van der Waals surface area contributed by atoms with Crippen LogP contribution in [0.1, 0.15) is 26.6 Å². The molecule has 9 aromatic rings. The van der Waals surface area contributed by atoms with Crippen molar-refractivity contribution in [3.05, 3.63) is 166 Å². The molecule has 0 unspecified atom stereocenters. The summed E-state index contributed by atoms with van der Waals surface area (Å²) in [6.45, 7) is 0. The molecule has 0 N–H and O–H groups in total. The molecule has 8 aromatic carbocycles. The molecule has 0 saturated heterocycles. The van der Waals surface area contributed by atoms with Gasteiger partial charge in [0.1, 0.15) is 0 Å². The van der Waals surface area contributed by atoms with Crippen LogP contribution >= 0.6 is 0 Å². The monoisotopic (exact) mass is 668 g/mol. The minimum absolute atomic E-state index is 0.0492. The summed E-state index contributed by atoms with van der Waals surface area (Å²) in [5.41, 5.74) is 5.75. The van der Waals surface area contributed by atoms with Gasteiger partial charge in [-0.25, -0.2) is 0 Å². The first kappa shape index (κ1) is 21.6. The second-order valence-corrected chi connectivity index (χ2v) is 14.4. The fourth-order valence-electron chi connectivity index (χ4n) is 7.81. The number of rotatable bonds is 3. The minimum atomic E-state index is -0.389. The van der Waals surface area contributed by atoms with Gasteiger partial charge in [0.05, 0.1) is 0 Å². The van der Waals surface area contributed by atoms with E-state index >= 15 is 0 Å². The second kappa shape index (κ2) is 10.7. The van der Waals surface area contributed by atoms with E-state index in [0.29, 0.717) is 11.6 Å². The molecule has 10 rings (SSSR count). The van der Waals surface area contributed by atoms with Gasteiger partial charge in [-0.15, -0.1) is 0 Å². The summed E-state index contributed by atoms with van der Waals surface area (Å²) in [4.78, 5) is 0. The Morgan fingerprint density at radius 1 is 0.511 bits per heavy atom. The number of fused-ring (bicyclic) bond motifs is 7. The standard InChI is InChI=1S/C46H30Se/c1-2-14-29(15-3-1)42-34-20-8-10-22-36(34)44(37-23-11-9-21-35(37)42)38-24-13-27-41-45(38)40-26-12-25-39(46(40)47-41)43-32-18-6-4-16-30(32)28-31-17-5-7-19-33(31)43/h1-12,14-23,25-28H,13,24H2/i1D,2D,3D,14D,15D,28D. The summed E-state index contributed by atoms with van der Waals surface area (Å²) in [7, 11) is 0. The third kappa shape index (κ3) is 4.07. The SMILES string of the molecule is [2H]c1c([2H])c([2H])c(-c2c3ccccc3c(C3=c4c([se]c5c(-c6c7ccccc7c([2H])c7ccccc67)cccc45)=CCC3)c3ccccc23)c([2H])c1[2H]. The summed E-state index contributed by atoms with van der Waals surface area (Å²) in [5.74, 6) is 0. The number of benzene rings is 8. The maximum atomic E-state index is 9.09. The normalized spacial score (nSPS) is 14.9. The van der Waals surface area contributed by atoms with Gasteiger partial charge in [0, 0.05) is 0 Å². The fourth-order valence-corrected chi connectivity index (χ4v) is 10.6. The van der Waals surface area contributed by atoms with E-state index in [0.717, 1.165) is 61.5 Å². The molecule has 1 aliphatic carbocycles. The molecule has 0 atom stereocenters. The first-order valence-electron chi connectivity index (χ1n) is 19.0. The average molecular weight is 668 g/mol. The van der Waals surface area contributed by atoms with Crippen LogP contribution in [0, 0.1) is 0 Å². The molecule has 0 aliphatic heterocycles. The molecule has 0 spiro atoms. The Morgan fingerprint density at radius 2 is 1.06 bits per heavy atom. The summed E-state index contributed by atoms with van der Waals surface area (Å²) in [5, 5.41) is 10.4. The Morgan fingerprint density at radius 3 is 1.70 bits per heavy atom. The Bertz CT molecular complexity index is 3050. The molecular formula is C46H30Se. The second-order valence-electron chi connectivity index (χ2n) is 12.2. The van der Waals surface area contributed by atoms with Crippen molar-refractivity contribution < 1.29 is 8.22 Å². The van der Waals surface area contributed by atoms with Gasteiger partial charge < -0.3 is 0 Å². The Kier molecular flexibility index (Phi) is 4.90. The van der Waals surface area contributed by atoms with Crippen LogP contribution in [0.5, 0.6) is 0 Å². The molecule has 0 radical (unpaired) electrons. The first-order chi connectivity index (χ1) is 25.8. The van der Waals surface area contributed by atoms with Gasteiger partial charge in [-0.1, -0.05) is 0 Å². The van der Waals surface area contributed by atoms with E-state index in [2.05, 4.69) is 72.8 Å². The van der Waals surface area contributed by atoms with E-state index in [9.17, 15) is 0 Å². The molecule has 1 aromatic heterocycles. The van der Waals surface area contributed by atoms with Gasteiger partial charge in [-0.2, -0.15) is 0 Å². The average Bonchev–Trinajstić information content (AvgIpc) is 3.59. The summed E-state index contributed by atoms with van der Waals surface area (Å²) in [6, 6.07) is 38.8. The third-order valence-corrected chi connectivity index (χ3v) is 12.3. The molecule has 0 saturated carbocycles. The van der Waals surface area contributed by atoms with Gasteiger partial charge in [-0.3, -0.25) is 0 Å². The van der Waals surface area contributed by atoms with Crippen LogP contribution < -0.4 is 9.31 Å². The molecule has 0 amide bonds. The van der Waals surface area contributed by atoms with E-state index in [4.69, 9.17) is 8.22 Å². The van der Waals surface area contributed by atoms with Crippen LogP contribution in [0.4, 0.5) is 0 Å². The third-order valence-electron chi connectivity index (χ3n) is 9.68. The van der Waals surface area contributed by atoms with Crippen molar-refractivity contribution in [2.75, 3.05) is 0 Å². The van der Waals surface area contributed by atoms with Crippen molar-refractivity contribution in [1.29, 1.82) is 0 Å². The Labute approximate surface area is 287 Å². The fraction of sp³-hybridized carbons (Fsp3) is 0.0435. The van der Waals surface area contributed by atoms with Crippen LogP contribution in [0.3, 0.4) is 0 Å². The van der Waals surface area contributed by atoms with Gasteiger partial charge >= 0.3 is 289 Å². The van der Waals surface area contributed by atoms with Crippen LogP contribution in [-0.2, 0) is 0 Å². The maximum absolute atomic E-state index is 9.09. The van der Waals surface area contributed by atoms with Crippen molar-refractivity contribution in [2.24, 2.45) is 0 Å². The van der Waals surface area contributed by atoms with Crippen molar-refractivity contribution in [2.45, 2.75) is 12.8 Å². The molecule has 0 bridgehead atoms. The van der Waals surface area contributed by atoms with E-state index in [1.165, 1.54) is 35.7 Å². The van der Waals surface area contributed by atoms with Gasteiger partial charge in [0.15, 0.2) is 0 Å². The van der Waals surface area contributed by atoms with Crippen molar-refractivity contribution in [3.8, 4) is 22.3 Å². The molecule has 1 heterocycles. The van der Waals surface area contributed by atoms with Crippen LogP contribution in [-0.4, -0.2) is 14.5 Å². The summed E-state index contributed by atoms with van der Waals surface area (Å²) in [6.07, 6.45) is 4.21. The molecule has 220 valence electrons. The molecule has 47 heavy (non-hydrogen) atoms. The van der Waals surface area contributed by atoms with Crippen molar-refractivity contribution >= 4 is 78.9 Å². The van der Waals surface area contributed by atoms with E-state index in [1.807, 2.05) is 48.5 Å². The number of hydrogen-bond acceptors (Lipinski definition) is 0. The van der Waals surface area contributed by atoms with E-state index in [1.54, 1.807) is 0 Å². The van der Waals surface area contributed by atoms with Crippen molar-refractivity contribution in [1.82, 2.24) is 0 Å². The van der Waals surface area contributed by atoms with Gasteiger partial charge in [0.2, 0.25) is 0 Å². The summed E-state index contributed by atoms with van der Waals surface area (Å²) < 4.78 is 55.0. The predicted molar refractivity (Wildman–Crippen MR) is 204 cm³/mol. The van der Waals surface area contributed by atoms with E-state index in [-0.39, 0.29) is 50.3 Å². The zero-order valence-corrected chi connectivity index (χ0v) is 27.1. The zero-order chi connectivity index (χ0) is 36.1. The van der Waals surface area contributed by atoms with Crippen LogP contribution in [0.15, 0.2) is 152 Å². The molecule has 1 heteroatoms. The van der Waals surface area contributed by atoms with Crippen molar-refractivity contribution in [3.63, 3.8) is 0 Å². The topological polar surface area (TPSA) is 0 Å². The van der Waals surface area contributed by atoms with E-state index < -0.39 is 0 Å². The Balaban J connectivity index is 1.35. The quantitative estimate of drug-likeness (QED) is 0.130. The number of hydrogen-bond donors (Lipinski definition) is 0. The van der Waals surface area contributed by atoms with Gasteiger partial charge in [0.25, 0.3) is 0 Å². The van der Waals surface area contributed by atoms with Crippen LogP contribution in [0.2, 0.25) is 0 Å². The predicted octanol–water partition coefficient (Wildman–Crippen LogP) is 10.6. The molecule has 0 fully saturated rings. The molecule has 1 aliphatic rings. The van der Waals surface area contributed by atoms with Crippen LogP contribution in [0.25, 0.3) is 86.6 Å². The van der Waals surface area contributed by atoms with Gasteiger partial charge in [-0.05, 0) is 0 Å². The molecule has 0 nitrogen and oxygen atoms in total. The first-order valence-corrected chi connectivity index (χ1v) is 17.7.